The zero-order valence-electron chi connectivity index (χ0n) is 12.2. The maximum Gasteiger partial charge on any atom is 0.238 e. The largest absolute Gasteiger partial charge is 0.493 e. The predicted molar refractivity (Wildman–Crippen MR) is 77.1 cm³/mol. The van der Waals surface area contributed by atoms with Crippen LogP contribution in [-0.4, -0.2) is 32.7 Å². The Kier molecular flexibility index (Phi) is 5.01. The molecule has 0 aliphatic carbocycles. The van der Waals surface area contributed by atoms with Crippen molar-refractivity contribution in [2.75, 3.05) is 20.8 Å². The summed E-state index contributed by atoms with van der Waals surface area (Å²) in [6, 6.07) is 6.36. The number of carbonyl (C=O) groups excluding carboxylic acids is 1. The van der Waals surface area contributed by atoms with E-state index < -0.39 is 6.04 Å². The van der Waals surface area contributed by atoms with E-state index in [2.05, 4.69) is 16.7 Å². The van der Waals surface area contributed by atoms with Crippen molar-refractivity contribution < 1.29 is 14.3 Å². The molecule has 2 unspecified atom stereocenters. The second-order valence-electron chi connectivity index (χ2n) is 4.83. The van der Waals surface area contributed by atoms with Gasteiger partial charge in [-0.1, -0.05) is 6.07 Å². The first kappa shape index (κ1) is 15.1. The SMILES string of the molecule is COc1ccc(C(C#N)NC(=O)C2CCCN2)cc1OC. The minimum absolute atomic E-state index is 0.145. The lowest BCUT2D eigenvalue weighted by Gasteiger charge is -2.17. The Labute approximate surface area is 124 Å². The van der Waals surface area contributed by atoms with Gasteiger partial charge in [0.1, 0.15) is 6.04 Å². The zero-order valence-corrected chi connectivity index (χ0v) is 12.2. The summed E-state index contributed by atoms with van der Waals surface area (Å²) in [4.78, 5) is 12.1. The van der Waals surface area contributed by atoms with Crippen molar-refractivity contribution in [3.8, 4) is 17.6 Å². The maximum absolute atomic E-state index is 12.1. The lowest BCUT2D eigenvalue weighted by Crippen LogP contribution is -2.41. The van der Waals surface area contributed by atoms with Gasteiger partial charge >= 0.3 is 0 Å². The summed E-state index contributed by atoms with van der Waals surface area (Å²) in [5, 5.41) is 15.2. The van der Waals surface area contributed by atoms with Crippen LogP contribution >= 0.6 is 0 Å². The minimum Gasteiger partial charge on any atom is -0.493 e. The standard InChI is InChI=1S/C15H19N3O3/c1-20-13-6-5-10(8-14(13)21-2)12(9-16)18-15(19)11-4-3-7-17-11/h5-6,8,11-12,17H,3-4,7H2,1-2H3,(H,18,19). The molecule has 2 rings (SSSR count). The lowest BCUT2D eigenvalue weighted by molar-refractivity contribution is -0.123. The molecule has 0 saturated carbocycles. The van der Waals surface area contributed by atoms with Crippen LogP contribution in [0.15, 0.2) is 18.2 Å². The number of hydrogen-bond acceptors (Lipinski definition) is 5. The van der Waals surface area contributed by atoms with Crippen LogP contribution in [0, 0.1) is 11.3 Å². The number of nitriles is 1. The van der Waals surface area contributed by atoms with Crippen LogP contribution in [0.25, 0.3) is 0 Å². The summed E-state index contributed by atoms with van der Waals surface area (Å²) in [5.41, 5.74) is 0.668. The molecule has 1 heterocycles. The number of rotatable bonds is 5. The summed E-state index contributed by atoms with van der Waals surface area (Å²) < 4.78 is 10.4. The van der Waals surface area contributed by atoms with Gasteiger partial charge in [-0.05, 0) is 37.1 Å². The number of carbonyl (C=O) groups is 1. The van der Waals surface area contributed by atoms with E-state index in [4.69, 9.17) is 9.47 Å². The molecule has 6 nitrogen and oxygen atoms in total. The highest BCUT2D eigenvalue weighted by Crippen LogP contribution is 2.29. The van der Waals surface area contributed by atoms with E-state index in [-0.39, 0.29) is 11.9 Å². The van der Waals surface area contributed by atoms with Crippen LogP contribution in [0.5, 0.6) is 11.5 Å². The van der Waals surface area contributed by atoms with Gasteiger partial charge in [0.25, 0.3) is 0 Å². The number of benzene rings is 1. The molecular weight excluding hydrogens is 270 g/mol. The van der Waals surface area contributed by atoms with Gasteiger partial charge in [-0.15, -0.1) is 0 Å². The number of nitrogens with zero attached hydrogens (tertiary/aromatic N) is 1. The fourth-order valence-corrected chi connectivity index (χ4v) is 2.37. The molecule has 1 fully saturated rings. The molecule has 0 bridgehead atoms. The number of hydrogen-bond donors (Lipinski definition) is 2. The topological polar surface area (TPSA) is 83.4 Å². The van der Waals surface area contributed by atoms with Gasteiger partial charge in [0, 0.05) is 0 Å². The monoisotopic (exact) mass is 289 g/mol. The molecule has 0 radical (unpaired) electrons. The molecule has 112 valence electrons. The van der Waals surface area contributed by atoms with E-state index in [0.717, 1.165) is 19.4 Å². The molecule has 2 N–H and O–H groups in total. The molecule has 0 spiro atoms. The molecule has 1 amide bonds. The first-order valence-corrected chi connectivity index (χ1v) is 6.85. The van der Waals surface area contributed by atoms with E-state index >= 15 is 0 Å². The predicted octanol–water partition coefficient (Wildman–Crippen LogP) is 1.14. The number of methoxy groups -OCH3 is 2. The third kappa shape index (κ3) is 3.44. The van der Waals surface area contributed by atoms with Gasteiger partial charge in [-0.2, -0.15) is 5.26 Å². The minimum atomic E-state index is -0.709. The highest BCUT2D eigenvalue weighted by Gasteiger charge is 2.25. The summed E-state index contributed by atoms with van der Waals surface area (Å²) in [5.74, 6) is 0.971. The number of amides is 1. The summed E-state index contributed by atoms with van der Waals surface area (Å²) in [6.07, 6.45) is 1.78. The van der Waals surface area contributed by atoms with Crippen molar-refractivity contribution in [3.05, 3.63) is 23.8 Å². The van der Waals surface area contributed by atoms with Crippen molar-refractivity contribution in [2.45, 2.75) is 24.9 Å². The molecule has 1 aromatic rings. The smallest absolute Gasteiger partial charge is 0.238 e. The van der Waals surface area contributed by atoms with E-state index in [1.165, 1.54) is 7.11 Å². The highest BCUT2D eigenvalue weighted by atomic mass is 16.5. The fourth-order valence-electron chi connectivity index (χ4n) is 2.37. The van der Waals surface area contributed by atoms with Crippen LogP contribution in [0.4, 0.5) is 0 Å². The molecule has 0 aromatic heterocycles. The van der Waals surface area contributed by atoms with Crippen LogP contribution in [-0.2, 0) is 4.79 Å². The zero-order chi connectivity index (χ0) is 15.2. The van der Waals surface area contributed by atoms with Crippen molar-refractivity contribution in [3.63, 3.8) is 0 Å². The molecule has 2 atom stereocenters. The summed E-state index contributed by atoms with van der Waals surface area (Å²) in [7, 11) is 3.08. The van der Waals surface area contributed by atoms with Gasteiger partial charge in [0.05, 0.1) is 26.3 Å². The second-order valence-corrected chi connectivity index (χ2v) is 4.83. The molecule has 1 aromatic carbocycles. The van der Waals surface area contributed by atoms with Crippen molar-refractivity contribution in [1.29, 1.82) is 5.26 Å². The van der Waals surface area contributed by atoms with Crippen molar-refractivity contribution in [2.24, 2.45) is 0 Å². The molecule has 1 aliphatic rings. The van der Waals surface area contributed by atoms with E-state index in [0.29, 0.717) is 17.1 Å². The van der Waals surface area contributed by atoms with Gasteiger partial charge in [-0.25, -0.2) is 0 Å². The molecule has 21 heavy (non-hydrogen) atoms. The van der Waals surface area contributed by atoms with Gasteiger partial charge in [0.15, 0.2) is 11.5 Å². The fraction of sp³-hybridized carbons (Fsp3) is 0.467. The maximum atomic E-state index is 12.1. The highest BCUT2D eigenvalue weighted by molar-refractivity contribution is 5.82. The Balaban J connectivity index is 2.13. The van der Waals surface area contributed by atoms with Gasteiger partial charge in [-0.3, -0.25) is 4.79 Å². The van der Waals surface area contributed by atoms with E-state index in [1.807, 2.05) is 0 Å². The number of nitrogens with one attached hydrogen (secondary N) is 2. The van der Waals surface area contributed by atoms with Crippen LogP contribution < -0.4 is 20.1 Å². The quantitative estimate of drug-likeness (QED) is 0.849. The van der Waals surface area contributed by atoms with Crippen LogP contribution in [0.3, 0.4) is 0 Å². The number of ether oxygens (including phenoxy) is 2. The Morgan fingerprint density at radius 2 is 2.19 bits per heavy atom. The summed E-state index contributed by atoms with van der Waals surface area (Å²) >= 11 is 0. The van der Waals surface area contributed by atoms with Crippen LogP contribution in [0.2, 0.25) is 0 Å². The summed E-state index contributed by atoms with van der Waals surface area (Å²) in [6.45, 7) is 0.839. The third-order valence-corrected chi connectivity index (χ3v) is 3.53. The van der Waals surface area contributed by atoms with E-state index in [1.54, 1.807) is 25.3 Å². The molecular formula is C15H19N3O3. The lowest BCUT2D eigenvalue weighted by atomic mass is 10.1. The van der Waals surface area contributed by atoms with Crippen LogP contribution in [0.1, 0.15) is 24.4 Å². The average molecular weight is 289 g/mol. The van der Waals surface area contributed by atoms with Crippen molar-refractivity contribution >= 4 is 5.91 Å². The van der Waals surface area contributed by atoms with Gasteiger partial charge in [0.2, 0.25) is 5.91 Å². The first-order chi connectivity index (χ1) is 10.2. The average Bonchev–Trinajstić information content (AvgIpc) is 3.06. The Morgan fingerprint density at radius 3 is 2.76 bits per heavy atom. The Bertz CT molecular complexity index is 548. The van der Waals surface area contributed by atoms with Crippen molar-refractivity contribution in [1.82, 2.24) is 10.6 Å². The molecule has 6 heteroatoms. The Hall–Kier alpha value is -2.26. The molecule has 1 saturated heterocycles. The second kappa shape index (κ2) is 6.95. The van der Waals surface area contributed by atoms with E-state index in [9.17, 15) is 10.1 Å². The normalized spacial score (nSPS) is 18.6. The first-order valence-electron chi connectivity index (χ1n) is 6.85. The van der Waals surface area contributed by atoms with Gasteiger partial charge < -0.3 is 20.1 Å². The molecule has 1 aliphatic heterocycles. The third-order valence-electron chi connectivity index (χ3n) is 3.53. The Morgan fingerprint density at radius 1 is 1.43 bits per heavy atom.